The minimum atomic E-state index is -0.416. The minimum absolute atomic E-state index is 0.0355. The Hall–Kier alpha value is -3.74. The predicted octanol–water partition coefficient (Wildman–Crippen LogP) is 1.43. The Morgan fingerprint density at radius 2 is 2.02 bits per heavy atom. The first-order chi connectivity index (χ1) is 19.2. The van der Waals surface area contributed by atoms with E-state index in [9.17, 15) is 19.5 Å². The molecule has 1 aliphatic heterocycles. The van der Waals surface area contributed by atoms with Gasteiger partial charge < -0.3 is 30.3 Å². The Morgan fingerprint density at radius 1 is 1.25 bits per heavy atom. The van der Waals surface area contributed by atoms with Crippen molar-refractivity contribution >= 4 is 23.5 Å². The van der Waals surface area contributed by atoms with Gasteiger partial charge >= 0.3 is 6.03 Å². The fraction of sp³-hybridized carbons (Fsp3) is 0.630. The molecule has 1 aromatic heterocycles. The Bertz CT molecular complexity index is 1150. The molecular weight excluding hydrogens is 516 g/mol. The molecule has 3 N–H and O–H groups in total. The van der Waals surface area contributed by atoms with Crippen molar-refractivity contribution in [3.8, 4) is 5.75 Å². The zero-order chi connectivity index (χ0) is 28.6. The number of hydrogen-bond donors (Lipinski definition) is 3. The number of likely N-dealkylation sites (N-methyl/N-ethyl adjacent to an activating group) is 1. The van der Waals surface area contributed by atoms with Gasteiger partial charge in [0.1, 0.15) is 24.7 Å². The van der Waals surface area contributed by atoms with Crippen molar-refractivity contribution in [3.05, 3.63) is 30.1 Å². The summed E-state index contributed by atoms with van der Waals surface area (Å²) in [5, 5.41) is 26.6. The van der Waals surface area contributed by atoms with E-state index in [0.717, 1.165) is 25.7 Å². The van der Waals surface area contributed by atoms with Gasteiger partial charge in [-0.15, -0.1) is 5.10 Å². The van der Waals surface area contributed by atoms with E-state index in [1.165, 1.54) is 17.4 Å². The number of amides is 4. The number of nitrogens with zero attached hydrogens (tertiary/aromatic N) is 6. The van der Waals surface area contributed by atoms with Gasteiger partial charge in [-0.3, -0.25) is 9.59 Å². The molecule has 13 nitrogen and oxygen atoms in total. The van der Waals surface area contributed by atoms with Crippen molar-refractivity contribution in [2.45, 2.75) is 77.1 Å². The molecule has 0 saturated heterocycles. The molecule has 2 heterocycles. The SMILES string of the molecule is C[C@@H]1CN([C@H](C)CO)C(=O)Cc2cc(NC(=O)Cn3cnnn3)ccc2O[C@H]1CN(C)C(=O)NC1CCCCC1. The number of carbonyl (C=O) groups is 3. The molecule has 40 heavy (non-hydrogen) atoms. The quantitative estimate of drug-likeness (QED) is 0.441. The van der Waals surface area contributed by atoms with Gasteiger partial charge in [-0.2, -0.15) is 0 Å². The minimum Gasteiger partial charge on any atom is -0.488 e. The Labute approximate surface area is 234 Å². The molecule has 4 rings (SSSR count). The highest BCUT2D eigenvalue weighted by molar-refractivity contribution is 5.91. The average molecular weight is 557 g/mol. The summed E-state index contributed by atoms with van der Waals surface area (Å²) in [4.78, 5) is 42.2. The average Bonchev–Trinajstić information content (AvgIpc) is 3.45. The summed E-state index contributed by atoms with van der Waals surface area (Å²) in [6.07, 6.45) is 6.42. The number of tetrazole rings is 1. The number of hydrogen-bond acceptors (Lipinski definition) is 8. The monoisotopic (exact) mass is 556 g/mol. The highest BCUT2D eigenvalue weighted by Gasteiger charge is 2.32. The van der Waals surface area contributed by atoms with Crippen LogP contribution in [0.25, 0.3) is 0 Å². The molecule has 1 saturated carbocycles. The van der Waals surface area contributed by atoms with Crippen molar-refractivity contribution in [1.82, 2.24) is 35.3 Å². The van der Waals surface area contributed by atoms with Crippen LogP contribution in [0.2, 0.25) is 0 Å². The molecule has 2 aromatic rings. The first kappa shape index (κ1) is 29.2. The van der Waals surface area contributed by atoms with E-state index in [0.29, 0.717) is 30.1 Å². The summed E-state index contributed by atoms with van der Waals surface area (Å²) in [5.74, 6) is -0.0950. The molecule has 0 radical (unpaired) electrons. The van der Waals surface area contributed by atoms with Crippen molar-refractivity contribution in [2.75, 3.05) is 32.1 Å². The number of benzene rings is 1. The summed E-state index contributed by atoms with van der Waals surface area (Å²) in [6.45, 7) is 4.25. The van der Waals surface area contributed by atoms with Crippen LogP contribution >= 0.6 is 0 Å². The summed E-state index contributed by atoms with van der Waals surface area (Å²) in [7, 11) is 1.75. The molecule has 218 valence electrons. The fourth-order valence-corrected chi connectivity index (χ4v) is 5.21. The van der Waals surface area contributed by atoms with E-state index < -0.39 is 6.10 Å². The van der Waals surface area contributed by atoms with Crippen LogP contribution in [0.1, 0.15) is 51.5 Å². The molecule has 2 aliphatic rings. The number of nitrogens with one attached hydrogen (secondary N) is 2. The summed E-state index contributed by atoms with van der Waals surface area (Å²) in [5.41, 5.74) is 1.11. The Balaban J connectivity index is 1.53. The van der Waals surface area contributed by atoms with E-state index in [1.54, 1.807) is 42.0 Å². The van der Waals surface area contributed by atoms with Crippen LogP contribution in [-0.4, -0.2) is 97.9 Å². The molecule has 3 atom stereocenters. The largest absolute Gasteiger partial charge is 0.488 e. The van der Waals surface area contributed by atoms with Gasteiger partial charge in [-0.1, -0.05) is 26.2 Å². The first-order valence-electron chi connectivity index (χ1n) is 14.0. The van der Waals surface area contributed by atoms with E-state index in [-0.39, 0.29) is 55.4 Å². The van der Waals surface area contributed by atoms with Crippen LogP contribution in [0.3, 0.4) is 0 Å². The third-order valence-corrected chi connectivity index (χ3v) is 7.63. The van der Waals surface area contributed by atoms with Crippen LogP contribution in [0.4, 0.5) is 10.5 Å². The summed E-state index contributed by atoms with van der Waals surface area (Å²) >= 11 is 0. The van der Waals surface area contributed by atoms with E-state index in [4.69, 9.17) is 4.74 Å². The molecule has 0 unspecified atom stereocenters. The second kappa shape index (κ2) is 13.6. The molecule has 1 aromatic carbocycles. The number of aromatic nitrogens is 4. The van der Waals surface area contributed by atoms with Gasteiger partial charge in [0.2, 0.25) is 11.8 Å². The summed E-state index contributed by atoms with van der Waals surface area (Å²) < 4.78 is 7.80. The molecule has 1 aliphatic carbocycles. The molecular formula is C27H40N8O5. The van der Waals surface area contributed by atoms with Crippen LogP contribution in [0, 0.1) is 5.92 Å². The lowest BCUT2D eigenvalue weighted by Gasteiger charge is -2.34. The zero-order valence-electron chi connectivity index (χ0n) is 23.5. The van der Waals surface area contributed by atoms with Crippen molar-refractivity contribution < 1.29 is 24.2 Å². The second-order valence-electron chi connectivity index (χ2n) is 10.9. The zero-order valence-corrected chi connectivity index (χ0v) is 23.5. The number of ether oxygens (including phenoxy) is 1. The summed E-state index contributed by atoms with van der Waals surface area (Å²) in [6, 6.07) is 4.84. The number of rotatable bonds is 8. The lowest BCUT2D eigenvalue weighted by Crippen LogP contribution is -2.50. The molecule has 4 amide bonds. The molecule has 13 heteroatoms. The topological polar surface area (TPSA) is 155 Å². The third-order valence-electron chi connectivity index (χ3n) is 7.63. The van der Waals surface area contributed by atoms with Crippen LogP contribution in [0.15, 0.2) is 24.5 Å². The number of fused-ring (bicyclic) bond motifs is 1. The maximum Gasteiger partial charge on any atom is 0.317 e. The highest BCUT2D eigenvalue weighted by Crippen LogP contribution is 2.29. The van der Waals surface area contributed by atoms with Crippen molar-refractivity contribution in [1.29, 1.82) is 0 Å². The molecule has 1 fully saturated rings. The third kappa shape index (κ3) is 7.68. The number of aliphatic hydroxyl groups excluding tert-OH is 1. The number of anilines is 1. The Kier molecular flexibility index (Phi) is 9.91. The van der Waals surface area contributed by atoms with Gasteiger partial charge in [0.25, 0.3) is 0 Å². The fourth-order valence-electron chi connectivity index (χ4n) is 5.21. The maximum atomic E-state index is 13.4. The van der Waals surface area contributed by atoms with Gasteiger partial charge in [0, 0.05) is 36.8 Å². The first-order valence-corrected chi connectivity index (χ1v) is 14.0. The number of carbonyl (C=O) groups excluding carboxylic acids is 3. The van der Waals surface area contributed by atoms with Crippen LogP contribution < -0.4 is 15.4 Å². The van der Waals surface area contributed by atoms with Gasteiger partial charge in [-0.25, -0.2) is 9.48 Å². The van der Waals surface area contributed by atoms with Gasteiger partial charge in [0.15, 0.2) is 0 Å². The van der Waals surface area contributed by atoms with Crippen molar-refractivity contribution in [3.63, 3.8) is 0 Å². The lowest BCUT2D eigenvalue weighted by molar-refractivity contribution is -0.134. The van der Waals surface area contributed by atoms with E-state index in [2.05, 4.69) is 26.2 Å². The van der Waals surface area contributed by atoms with Crippen molar-refractivity contribution in [2.24, 2.45) is 5.92 Å². The maximum absolute atomic E-state index is 13.4. The molecule has 0 bridgehead atoms. The van der Waals surface area contributed by atoms with Crippen LogP contribution in [0.5, 0.6) is 5.75 Å². The van der Waals surface area contributed by atoms with E-state index in [1.807, 2.05) is 6.92 Å². The van der Waals surface area contributed by atoms with Gasteiger partial charge in [0.05, 0.1) is 25.6 Å². The van der Waals surface area contributed by atoms with Crippen LogP contribution in [-0.2, 0) is 22.6 Å². The van der Waals surface area contributed by atoms with E-state index >= 15 is 0 Å². The highest BCUT2D eigenvalue weighted by atomic mass is 16.5. The predicted molar refractivity (Wildman–Crippen MR) is 146 cm³/mol. The smallest absolute Gasteiger partial charge is 0.317 e. The number of aliphatic hydroxyl groups is 1. The second-order valence-corrected chi connectivity index (χ2v) is 10.9. The normalized spacial score (nSPS) is 20.8. The molecule has 0 spiro atoms. The van der Waals surface area contributed by atoms with Gasteiger partial charge in [-0.05, 0) is 48.4 Å². The number of urea groups is 1. The Morgan fingerprint density at radius 3 is 2.73 bits per heavy atom. The standard InChI is InChI=1S/C27H40N8O5/c1-18-13-35(19(2)16-36)26(38)12-20-11-22(29-25(37)15-34-17-28-31-32-34)9-10-23(20)40-24(18)14-33(3)27(39)30-21-7-5-4-6-8-21/h9-11,17-19,21,24,36H,4-8,12-16H2,1-3H3,(H,29,37)(H,30,39)/t18-,19-,24+/m1/s1. The lowest BCUT2D eigenvalue weighted by atomic mass is 9.96.